The molecule has 0 saturated heterocycles. The van der Waals surface area contributed by atoms with Gasteiger partial charge in [0.25, 0.3) is 0 Å². The van der Waals surface area contributed by atoms with E-state index < -0.39 is 0 Å². The van der Waals surface area contributed by atoms with Crippen molar-refractivity contribution in [2.75, 3.05) is 6.54 Å². The number of furan rings is 1. The maximum atomic E-state index is 5.84. The van der Waals surface area contributed by atoms with Gasteiger partial charge in [0.2, 0.25) is 0 Å². The van der Waals surface area contributed by atoms with E-state index in [4.69, 9.17) is 4.42 Å². The Morgan fingerprint density at radius 2 is 2.00 bits per heavy atom. The summed E-state index contributed by atoms with van der Waals surface area (Å²) < 4.78 is 7.92. The molecule has 0 bridgehead atoms. The van der Waals surface area contributed by atoms with Gasteiger partial charge >= 0.3 is 0 Å². The van der Waals surface area contributed by atoms with E-state index in [1.54, 1.807) is 0 Å². The molecule has 0 aliphatic heterocycles. The van der Waals surface area contributed by atoms with E-state index >= 15 is 0 Å². The smallest absolute Gasteiger partial charge is 0.135 e. The Bertz CT molecular complexity index is 522. The quantitative estimate of drug-likeness (QED) is 0.749. The van der Waals surface area contributed by atoms with Crippen LogP contribution in [0.25, 0.3) is 11.3 Å². The van der Waals surface area contributed by atoms with E-state index in [1.165, 1.54) is 0 Å². The minimum absolute atomic E-state index is 0.777. The van der Waals surface area contributed by atoms with Crippen LogP contribution < -0.4 is 5.32 Å². The van der Waals surface area contributed by atoms with Gasteiger partial charge in [0.05, 0.1) is 6.54 Å². The first-order valence-electron chi connectivity index (χ1n) is 5.95. The third kappa shape index (κ3) is 3.46. The first kappa shape index (κ1) is 13.8. The Kier molecular flexibility index (Phi) is 5.03. The van der Waals surface area contributed by atoms with Gasteiger partial charge in [0.15, 0.2) is 0 Å². The van der Waals surface area contributed by atoms with Gasteiger partial charge in [-0.3, -0.25) is 0 Å². The average molecular weight is 373 g/mol. The fourth-order valence-corrected chi connectivity index (χ4v) is 2.50. The van der Waals surface area contributed by atoms with Crippen molar-refractivity contribution in [3.8, 4) is 11.3 Å². The van der Waals surface area contributed by atoms with Crippen molar-refractivity contribution in [1.82, 2.24) is 5.32 Å². The Morgan fingerprint density at radius 1 is 1.17 bits per heavy atom. The van der Waals surface area contributed by atoms with Crippen LogP contribution >= 0.6 is 31.9 Å². The molecule has 1 aromatic carbocycles. The fraction of sp³-hybridized carbons (Fsp3) is 0.286. The van der Waals surface area contributed by atoms with Crippen LogP contribution in [0.1, 0.15) is 19.1 Å². The molecule has 2 rings (SSSR count). The summed E-state index contributed by atoms with van der Waals surface area (Å²) >= 11 is 7.02. The molecule has 18 heavy (non-hydrogen) atoms. The molecule has 0 radical (unpaired) electrons. The van der Waals surface area contributed by atoms with Crippen LogP contribution in [0, 0.1) is 0 Å². The Morgan fingerprint density at radius 3 is 2.78 bits per heavy atom. The van der Waals surface area contributed by atoms with E-state index in [1.807, 2.05) is 30.3 Å². The summed E-state index contributed by atoms with van der Waals surface area (Å²) in [6.45, 7) is 3.94. The molecule has 0 spiro atoms. The maximum Gasteiger partial charge on any atom is 0.135 e. The molecule has 1 aromatic heterocycles. The highest BCUT2D eigenvalue weighted by Gasteiger charge is 2.08. The van der Waals surface area contributed by atoms with Gasteiger partial charge in [0, 0.05) is 14.5 Å². The second kappa shape index (κ2) is 6.55. The number of benzene rings is 1. The summed E-state index contributed by atoms with van der Waals surface area (Å²) in [5.74, 6) is 1.85. The predicted molar refractivity (Wildman–Crippen MR) is 81.5 cm³/mol. The van der Waals surface area contributed by atoms with Crippen LogP contribution in [0.3, 0.4) is 0 Å². The van der Waals surface area contributed by atoms with Crippen LogP contribution in [0.4, 0.5) is 0 Å². The maximum absolute atomic E-state index is 5.84. The van der Waals surface area contributed by atoms with Crippen LogP contribution in [0.5, 0.6) is 0 Å². The van der Waals surface area contributed by atoms with Crippen molar-refractivity contribution in [1.29, 1.82) is 0 Å². The van der Waals surface area contributed by atoms with E-state index in [0.29, 0.717) is 0 Å². The average Bonchev–Trinajstić information content (AvgIpc) is 2.81. The van der Waals surface area contributed by atoms with Crippen LogP contribution in [-0.4, -0.2) is 6.54 Å². The van der Waals surface area contributed by atoms with E-state index in [-0.39, 0.29) is 0 Å². The lowest BCUT2D eigenvalue weighted by Crippen LogP contribution is -2.12. The highest BCUT2D eigenvalue weighted by molar-refractivity contribution is 9.11. The molecule has 1 heterocycles. The molecular formula is C14H15Br2NO. The third-order valence-corrected chi connectivity index (χ3v) is 3.77. The second-order valence-electron chi connectivity index (χ2n) is 4.07. The van der Waals surface area contributed by atoms with Gasteiger partial charge in [-0.25, -0.2) is 0 Å². The third-order valence-electron chi connectivity index (χ3n) is 2.58. The van der Waals surface area contributed by atoms with Gasteiger partial charge in [-0.2, -0.15) is 0 Å². The van der Waals surface area contributed by atoms with Crippen LogP contribution in [0.15, 0.2) is 43.7 Å². The fourth-order valence-electron chi connectivity index (χ4n) is 1.69. The van der Waals surface area contributed by atoms with Crippen molar-refractivity contribution in [2.24, 2.45) is 0 Å². The molecule has 0 saturated carbocycles. The van der Waals surface area contributed by atoms with Crippen molar-refractivity contribution < 1.29 is 4.42 Å². The first-order chi connectivity index (χ1) is 8.70. The molecule has 0 unspecified atom stereocenters. The molecule has 96 valence electrons. The minimum atomic E-state index is 0.777. The molecular weight excluding hydrogens is 358 g/mol. The Labute approximate surface area is 124 Å². The van der Waals surface area contributed by atoms with Crippen molar-refractivity contribution in [3.63, 3.8) is 0 Å². The second-order valence-corrected chi connectivity index (χ2v) is 5.84. The summed E-state index contributed by atoms with van der Waals surface area (Å²) in [6.07, 6.45) is 1.13. The van der Waals surface area contributed by atoms with Gasteiger partial charge in [-0.15, -0.1) is 0 Å². The van der Waals surface area contributed by atoms with Gasteiger partial charge in [-0.1, -0.05) is 38.8 Å². The monoisotopic (exact) mass is 371 g/mol. The first-order valence-corrected chi connectivity index (χ1v) is 7.54. The van der Waals surface area contributed by atoms with Crippen molar-refractivity contribution in [3.05, 3.63) is 45.0 Å². The summed E-state index contributed by atoms with van der Waals surface area (Å²) in [7, 11) is 0. The van der Waals surface area contributed by atoms with Crippen LogP contribution in [0.2, 0.25) is 0 Å². The van der Waals surface area contributed by atoms with E-state index in [0.717, 1.165) is 45.5 Å². The summed E-state index contributed by atoms with van der Waals surface area (Å²) in [4.78, 5) is 0. The van der Waals surface area contributed by atoms with Crippen molar-refractivity contribution in [2.45, 2.75) is 19.9 Å². The Balaban J connectivity index is 2.16. The molecule has 0 fully saturated rings. The van der Waals surface area contributed by atoms with E-state index in [2.05, 4.69) is 44.1 Å². The highest BCUT2D eigenvalue weighted by Crippen LogP contribution is 2.32. The Hall–Kier alpha value is -0.580. The molecule has 4 heteroatoms. The number of nitrogens with one attached hydrogen (secondary N) is 1. The largest absolute Gasteiger partial charge is 0.460 e. The molecule has 0 aliphatic rings. The molecule has 0 amide bonds. The SMILES string of the molecule is CCCNCc1ccc(-c2cc(Br)ccc2Br)o1. The number of hydrogen-bond donors (Lipinski definition) is 1. The normalized spacial score (nSPS) is 10.8. The molecule has 0 atom stereocenters. The number of halogens is 2. The van der Waals surface area contributed by atoms with Crippen LogP contribution in [-0.2, 0) is 6.54 Å². The van der Waals surface area contributed by atoms with Gasteiger partial charge < -0.3 is 9.73 Å². The standard InChI is InChI=1S/C14H15Br2NO/c1-2-7-17-9-11-4-6-14(18-11)12-8-10(15)3-5-13(12)16/h3-6,8,17H,2,7,9H2,1H3. The zero-order valence-corrected chi connectivity index (χ0v) is 13.3. The zero-order valence-electron chi connectivity index (χ0n) is 10.2. The molecule has 0 aliphatic carbocycles. The summed E-state index contributed by atoms with van der Waals surface area (Å²) in [5.41, 5.74) is 1.06. The lowest BCUT2D eigenvalue weighted by Gasteiger charge is -2.02. The van der Waals surface area contributed by atoms with Gasteiger partial charge in [0.1, 0.15) is 11.5 Å². The predicted octanol–water partition coefficient (Wildman–Crippen LogP) is 4.97. The lowest BCUT2D eigenvalue weighted by atomic mass is 10.2. The topological polar surface area (TPSA) is 25.2 Å². The summed E-state index contributed by atoms with van der Waals surface area (Å²) in [5, 5.41) is 3.33. The molecule has 2 nitrogen and oxygen atoms in total. The number of rotatable bonds is 5. The van der Waals surface area contributed by atoms with E-state index in [9.17, 15) is 0 Å². The van der Waals surface area contributed by atoms with Crippen molar-refractivity contribution >= 4 is 31.9 Å². The lowest BCUT2D eigenvalue weighted by molar-refractivity contribution is 0.493. The number of hydrogen-bond acceptors (Lipinski definition) is 2. The zero-order chi connectivity index (χ0) is 13.0. The highest BCUT2D eigenvalue weighted by atomic mass is 79.9. The molecule has 2 aromatic rings. The molecule has 1 N–H and O–H groups in total. The summed E-state index contributed by atoms with van der Waals surface area (Å²) in [6, 6.07) is 10.1. The van der Waals surface area contributed by atoms with Gasteiger partial charge in [-0.05, 0) is 43.3 Å². The minimum Gasteiger partial charge on any atom is -0.460 e.